The highest BCUT2D eigenvalue weighted by molar-refractivity contribution is 7.85. The van der Waals surface area contributed by atoms with Crippen molar-refractivity contribution in [3.63, 3.8) is 0 Å². The summed E-state index contributed by atoms with van der Waals surface area (Å²) in [5.74, 6) is -0.677. The molecule has 14 heavy (non-hydrogen) atoms. The summed E-state index contributed by atoms with van der Waals surface area (Å²) in [6, 6.07) is 6.71. The number of ether oxygens (including phenoxy) is 1. The minimum atomic E-state index is -1.43. The Morgan fingerprint density at radius 3 is 2.71 bits per heavy atom. The van der Waals surface area contributed by atoms with Crippen LogP contribution in [0.15, 0.2) is 29.2 Å². The van der Waals surface area contributed by atoms with Gasteiger partial charge in [-0.25, -0.2) is 0 Å². The van der Waals surface area contributed by atoms with Crippen LogP contribution in [0.1, 0.15) is 0 Å². The van der Waals surface area contributed by atoms with Gasteiger partial charge in [0.25, 0.3) is 0 Å². The van der Waals surface area contributed by atoms with Gasteiger partial charge in [0.2, 0.25) is 0 Å². The topological polar surface area (TPSA) is 43.4 Å². The van der Waals surface area contributed by atoms with Crippen LogP contribution in [-0.2, 0) is 20.3 Å². The Balaban J connectivity index is 2.80. The minimum Gasteiger partial charge on any atom is -0.468 e. The van der Waals surface area contributed by atoms with E-state index in [0.717, 1.165) is 0 Å². The van der Waals surface area contributed by atoms with Crippen LogP contribution in [0, 0.1) is 0 Å². The third-order valence-electron chi connectivity index (χ3n) is 1.56. The zero-order chi connectivity index (χ0) is 10.6. The zero-order valence-corrected chi connectivity index (χ0v) is 9.10. The van der Waals surface area contributed by atoms with E-state index in [-0.39, 0.29) is 5.75 Å². The number of benzene rings is 1. The molecule has 0 fully saturated rings. The Labute approximate surface area is 89.5 Å². The lowest BCUT2D eigenvalue weighted by molar-refractivity contribution is -0.137. The molecule has 0 aromatic heterocycles. The lowest BCUT2D eigenvalue weighted by atomic mass is 10.4. The molecule has 0 N–H and O–H groups in total. The van der Waals surface area contributed by atoms with Gasteiger partial charge in [-0.3, -0.25) is 9.00 Å². The fraction of sp³-hybridized carbons (Fsp3) is 0.222. The van der Waals surface area contributed by atoms with Gasteiger partial charge in [0, 0.05) is 0 Å². The average Bonchev–Trinajstić information content (AvgIpc) is 2.18. The first kappa shape index (κ1) is 11.2. The second-order valence-electron chi connectivity index (χ2n) is 2.50. The average molecular weight is 233 g/mol. The highest BCUT2D eigenvalue weighted by atomic mass is 35.5. The van der Waals surface area contributed by atoms with Crippen LogP contribution in [-0.4, -0.2) is 23.0 Å². The molecule has 76 valence electrons. The van der Waals surface area contributed by atoms with Gasteiger partial charge in [-0.05, 0) is 12.1 Å². The number of carbonyl (C=O) groups is 1. The van der Waals surface area contributed by atoms with E-state index < -0.39 is 16.8 Å². The summed E-state index contributed by atoms with van der Waals surface area (Å²) in [4.78, 5) is 11.3. The number of methoxy groups -OCH3 is 1. The first-order chi connectivity index (χ1) is 6.65. The molecule has 1 unspecified atom stereocenters. The van der Waals surface area contributed by atoms with E-state index in [2.05, 4.69) is 4.74 Å². The van der Waals surface area contributed by atoms with Crippen LogP contribution < -0.4 is 0 Å². The molecule has 0 heterocycles. The molecule has 0 saturated carbocycles. The van der Waals surface area contributed by atoms with Crippen molar-refractivity contribution >= 4 is 28.4 Å². The summed E-state index contributed by atoms with van der Waals surface area (Å²) in [7, 11) is -0.175. The van der Waals surface area contributed by atoms with Gasteiger partial charge in [0.05, 0.1) is 27.8 Å². The van der Waals surface area contributed by atoms with Gasteiger partial charge in [-0.2, -0.15) is 0 Å². The molecule has 0 amide bonds. The fourth-order valence-electron chi connectivity index (χ4n) is 0.873. The molecule has 3 nitrogen and oxygen atoms in total. The molecule has 0 bridgehead atoms. The maximum atomic E-state index is 11.6. The minimum absolute atomic E-state index is 0.166. The van der Waals surface area contributed by atoms with Gasteiger partial charge in [-0.15, -0.1) is 0 Å². The molecule has 0 radical (unpaired) electrons. The predicted molar refractivity (Wildman–Crippen MR) is 54.7 cm³/mol. The quantitative estimate of drug-likeness (QED) is 0.744. The van der Waals surface area contributed by atoms with E-state index in [9.17, 15) is 9.00 Å². The van der Waals surface area contributed by atoms with Gasteiger partial charge in [-0.1, -0.05) is 23.7 Å². The molecular weight excluding hydrogens is 224 g/mol. The Hall–Kier alpha value is -0.870. The third-order valence-corrected chi connectivity index (χ3v) is 3.34. The van der Waals surface area contributed by atoms with E-state index in [1.807, 2.05) is 0 Å². The standard InChI is InChI=1S/C9H9ClO3S/c1-13-9(11)6-14(12)8-5-3-2-4-7(8)10/h2-5H,6H2,1H3. The number of carbonyl (C=O) groups excluding carboxylic acids is 1. The summed E-state index contributed by atoms with van der Waals surface area (Å²) in [6.07, 6.45) is 0. The van der Waals surface area contributed by atoms with Crippen molar-refractivity contribution in [2.75, 3.05) is 12.9 Å². The van der Waals surface area contributed by atoms with Crippen molar-refractivity contribution in [3.05, 3.63) is 29.3 Å². The molecule has 0 spiro atoms. The molecule has 0 aliphatic rings. The summed E-state index contributed by atoms with van der Waals surface area (Å²) >= 11 is 5.80. The first-order valence-electron chi connectivity index (χ1n) is 3.85. The monoisotopic (exact) mass is 232 g/mol. The van der Waals surface area contributed by atoms with Gasteiger partial charge in [0.1, 0.15) is 5.75 Å². The van der Waals surface area contributed by atoms with Crippen molar-refractivity contribution in [1.29, 1.82) is 0 Å². The highest BCUT2D eigenvalue weighted by Gasteiger charge is 2.12. The van der Waals surface area contributed by atoms with Crippen LogP contribution in [0.3, 0.4) is 0 Å². The largest absolute Gasteiger partial charge is 0.468 e. The van der Waals surface area contributed by atoms with Crippen molar-refractivity contribution in [2.24, 2.45) is 0 Å². The number of rotatable bonds is 3. The molecule has 0 aliphatic heterocycles. The Morgan fingerprint density at radius 1 is 1.50 bits per heavy atom. The molecule has 1 aromatic carbocycles. The van der Waals surface area contributed by atoms with E-state index in [4.69, 9.17) is 11.6 Å². The summed E-state index contributed by atoms with van der Waals surface area (Å²) < 4.78 is 16.0. The van der Waals surface area contributed by atoms with Crippen molar-refractivity contribution in [3.8, 4) is 0 Å². The molecule has 1 aromatic rings. The summed E-state index contributed by atoms with van der Waals surface area (Å²) in [5, 5.41) is 0.398. The maximum absolute atomic E-state index is 11.6. The molecule has 0 saturated heterocycles. The molecule has 1 rings (SSSR count). The van der Waals surface area contributed by atoms with E-state index in [1.54, 1.807) is 24.3 Å². The fourth-order valence-corrected chi connectivity index (χ4v) is 2.27. The van der Waals surface area contributed by atoms with Crippen LogP contribution in [0.5, 0.6) is 0 Å². The van der Waals surface area contributed by atoms with E-state index in [1.165, 1.54) is 7.11 Å². The predicted octanol–water partition coefficient (Wildman–Crippen LogP) is 1.62. The SMILES string of the molecule is COC(=O)CS(=O)c1ccccc1Cl. The van der Waals surface area contributed by atoms with Crippen LogP contribution in [0.4, 0.5) is 0 Å². The normalized spacial score (nSPS) is 12.1. The Morgan fingerprint density at radius 2 is 2.14 bits per heavy atom. The summed E-state index contributed by atoms with van der Waals surface area (Å²) in [6.45, 7) is 0. The lowest BCUT2D eigenvalue weighted by Gasteiger charge is -2.02. The van der Waals surface area contributed by atoms with E-state index >= 15 is 0 Å². The maximum Gasteiger partial charge on any atom is 0.318 e. The highest BCUT2D eigenvalue weighted by Crippen LogP contribution is 2.18. The van der Waals surface area contributed by atoms with Crippen LogP contribution >= 0.6 is 11.6 Å². The van der Waals surface area contributed by atoms with Crippen molar-refractivity contribution < 1.29 is 13.7 Å². The molecule has 0 aliphatic carbocycles. The molecular formula is C9H9ClO3S. The number of hydrogen-bond acceptors (Lipinski definition) is 3. The van der Waals surface area contributed by atoms with E-state index in [0.29, 0.717) is 9.92 Å². The lowest BCUT2D eigenvalue weighted by Crippen LogP contribution is -2.12. The number of halogens is 1. The van der Waals surface area contributed by atoms with Crippen molar-refractivity contribution in [2.45, 2.75) is 4.90 Å². The van der Waals surface area contributed by atoms with Crippen LogP contribution in [0.25, 0.3) is 0 Å². The summed E-state index contributed by atoms with van der Waals surface area (Å²) in [5.41, 5.74) is 0. The zero-order valence-electron chi connectivity index (χ0n) is 7.53. The number of hydrogen-bond donors (Lipinski definition) is 0. The smallest absolute Gasteiger partial charge is 0.318 e. The second kappa shape index (κ2) is 5.12. The van der Waals surface area contributed by atoms with Gasteiger partial charge < -0.3 is 4.74 Å². The van der Waals surface area contributed by atoms with Gasteiger partial charge in [0.15, 0.2) is 0 Å². The molecule has 1 atom stereocenters. The van der Waals surface area contributed by atoms with Crippen molar-refractivity contribution in [1.82, 2.24) is 0 Å². The third kappa shape index (κ3) is 2.82. The van der Waals surface area contributed by atoms with Gasteiger partial charge >= 0.3 is 5.97 Å². The van der Waals surface area contributed by atoms with Crippen LogP contribution in [0.2, 0.25) is 5.02 Å². The Bertz CT molecular complexity index is 365. The molecule has 5 heteroatoms. The number of esters is 1. The second-order valence-corrected chi connectivity index (χ2v) is 4.32. The Kier molecular flexibility index (Phi) is 4.10. The first-order valence-corrected chi connectivity index (χ1v) is 5.54.